The summed E-state index contributed by atoms with van der Waals surface area (Å²) in [5.74, 6) is 0.122. The quantitative estimate of drug-likeness (QED) is 0.855. The predicted octanol–water partition coefficient (Wildman–Crippen LogP) is 0.822. The van der Waals surface area contributed by atoms with Gasteiger partial charge in [-0.1, -0.05) is 0 Å². The van der Waals surface area contributed by atoms with E-state index in [4.69, 9.17) is 0 Å². The third kappa shape index (κ3) is 3.00. The average Bonchev–Trinajstić information content (AvgIpc) is 2.64. The first-order valence-corrected chi connectivity index (χ1v) is 5.64. The topological polar surface area (TPSA) is 54.0 Å². The predicted molar refractivity (Wildman–Crippen MR) is 60.2 cm³/mol. The molecule has 4 nitrogen and oxygen atoms in total. The number of halogens is 1. The summed E-state index contributed by atoms with van der Waals surface area (Å²) in [6.45, 7) is 1.42. The molecule has 1 unspecified atom stereocenters. The van der Waals surface area contributed by atoms with Crippen molar-refractivity contribution in [2.45, 2.75) is 19.0 Å². The molecule has 0 spiro atoms. The van der Waals surface area contributed by atoms with Gasteiger partial charge in [0.25, 0.3) is 0 Å². The van der Waals surface area contributed by atoms with Gasteiger partial charge in [-0.15, -0.1) is 0 Å². The van der Waals surface area contributed by atoms with Crippen LogP contribution in [0.4, 0.5) is 0 Å². The van der Waals surface area contributed by atoms with Crippen LogP contribution in [0.5, 0.6) is 0 Å². The van der Waals surface area contributed by atoms with E-state index in [0.29, 0.717) is 13.0 Å². The summed E-state index contributed by atoms with van der Waals surface area (Å²) in [4.78, 5) is 15.2. The Hall–Kier alpha value is -0.940. The fraction of sp³-hybridized carbons (Fsp3) is 0.400. The minimum atomic E-state index is 0.122. The molecule has 5 heteroatoms. The summed E-state index contributed by atoms with van der Waals surface area (Å²) in [6.07, 6.45) is 2.34. The Labute approximate surface area is 96.6 Å². The largest absolute Gasteiger partial charge is 0.354 e. The smallest absolute Gasteiger partial charge is 0.221 e. The van der Waals surface area contributed by atoms with Gasteiger partial charge in [0.15, 0.2) is 0 Å². The molecule has 0 aromatic carbocycles. The molecular formula is C10H12BrN3O. The molecule has 0 bridgehead atoms. The molecule has 80 valence electrons. The van der Waals surface area contributed by atoms with E-state index < -0.39 is 0 Å². The van der Waals surface area contributed by atoms with Crippen LogP contribution in [0.2, 0.25) is 0 Å². The maximum atomic E-state index is 10.9. The molecule has 1 fully saturated rings. The van der Waals surface area contributed by atoms with Gasteiger partial charge >= 0.3 is 0 Å². The second-order valence-electron chi connectivity index (χ2n) is 3.55. The van der Waals surface area contributed by atoms with Crippen molar-refractivity contribution in [1.82, 2.24) is 15.6 Å². The lowest BCUT2D eigenvalue weighted by Gasteiger charge is -2.09. The lowest BCUT2D eigenvalue weighted by molar-refractivity contribution is -0.119. The van der Waals surface area contributed by atoms with E-state index in [1.807, 2.05) is 12.1 Å². The fourth-order valence-corrected chi connectivity index (χ4v) is 1.74. The molecular weight excluding hydrogens is 258 g/mol. The second kappa shape index (κ2) is 4.72. The first kappa shape index (κ1) is 10.6. The van der Waals surface area contributed by atoms with E-state index in [0.717, 1.165) is 16.7 Å². The number of nitrogens with zero attached hydrogens (tertiary/aromatic N) is 1. The van der Waals surface area contributed by atoms with Crippen LogP contribution in [-0.2, 0) is 11.3 Å². The zero-order valence-electron chi connectivity index (χ0n) is 8.16. The number of hydrogen-bond acceptors (Lipinski definition) is 3. The summed E-state index contributed by atoms with van der Waals surface area (Å²) in [6, 6.07) is 4.16. The van der Waals surface area contributed by atoms with Crippen LogP contribution in [0.1, 0.15) is 12.1 Å². The highest BCUT2D eigenvalue weighted by Crippen LogP contribution is 2.07. The fourth-order valence-electron chi connectivity index (χ4n) is 1.51. The van der Waals surface area contributed by atoms with E-state index in [1.165, 1.54) is 0 Å². The number of aromatic nitrogens is 1. The molecule has 0 radical (unpaired) electrons. The van der Waals surface area contributed by atoms with Crippen LogP contribution in [0, 0.1) is 0 Å². The Kier molecular flexibility index (Phi) is 3.33. The molecule has 1 aromatic heterocycles. The van der Waals surface area contributed by atoms with Crippen LogP contribution in [0.3, 0.4) is 0 Å². The first-order valence-electron chi connectivity index (χ1n) is 4.84. The Bertz CT molecular complexity index is 352. The number of pyridine rings is 1. The van der Waals surface area contributed by atoms with Gasteiger partial charge in [0.1, 0.15) is 0 Å². The van der Waals surface area contributed by atoms with Crippen molar-refractivity contribution < 1.29 is 4.79 Å². The summed E-state index contributed by atoms with van der Waals surface area (Å²) < 4.78 is 0.976. The van der Waals surface area contributed by atoms with Gasteiger partial charge in [-0.3, -0.25) is 9.78 Å². The summed E-state index contributed by atoms with van der Waals surface area (Å²) >= 11 is 3.33. The zero-order chi connectivity index (χ0) is 10.7. The van der Waals surface area contributed by atoms with Crippen molar-refractivity contribution in [1.29, 1.82) is 0 Å². The number of hydrogen-bond donors (Lipinski definition) is 2. The first-order chi connectivity index (χ1) is 7.24. The summed E-state index contributed by atoms with van der Waals surface area (Å²) in [5.41, 5.74) is 0.984. The number of rotatable bonds is 3. The number of carbonyl (C=O) groups excluding carboxylic acids is 1. The minimum Gasteiger partial charge on any atom is -0.354 e. The van der Waals surface area contributed by atoms with Gasteiger partial charge < -0.3 is 10.6 Å². The maximum Gasteiger partial charge on any atom is 0.221 e. The van der Waals surface area contributed by atoms with Gasteiger partial charge in [0, 0.05) is 36.2 Å². The van der Waals surface area contributed by atoms with E-state index in [9.17, 15) is 4.79 Å². The molecule has 1 aliphatic heterocycles. The molecule has 2 heterocycles. The van der Waals surface area contributed by atoms with Crippen molar-refractivity contribution in [3.05, 3.63) is 28.5 Å². The molecule has 2 rings (SSSR count). The Morgan fingerprint density at radius 3 is 3.07 bits per heavy atom. The maximum absolute atomic E-state index is 10.9. The van der Waals surface area contributed by atoms with Gasteiger partial charge in [-0.2, -0.15) is 0 Å². The monoisotopic (exact) mass is 269 g/mol. The Morgan fingerprint density at radius 2 is 2.47 bits per heavy atom. The van der Waals surface area contributed by atoms with Gasteiger partial charge in [-0.05, 0) is 28.1 Å². The molecule has 1 aliphatic rings. The van der Waals surface area contributed by atoms with Crippen molar-refractivity contribution in [3.63, 3.8) is 0 Å². The summed E-state index contributed by atoms with van der Waals surface area (Å²) in [5, 5.41) is 6.07. The van der Waals surface area contributed by atoms with Crippen LogP contribution in [-0.4, -0.2) is 23.5 Å². The van der Waals surface area contributed by atoms with Gasteiger partial charge in [0.2, 0.25) is 5.91 Å². The zero-order valence-corrected chi connectivity index (χ0v) is 9.75. The van der Waals surface area contributed by atoms with Crippen molar-refractivity contribution in [2.24, 2.45) is 0 Å². The average molecular weight is 270 g/mol. The molecule has 2 N–H and O–H groups in total. The highest BCUT2D eigenvalue weighted by Gasteiger charge is 2.20. The molecule has 15 heavy (non-hydrogen) atoms. The highest BCUT2D eigenvalue weighted by molar-refractivity contribution is 9.10. The normalized spacial score (nSPS) is 20.3. The molecule has 1 atom stereocenters. The van der Waals surface area contributed by atoms with Crippen LogP contribution in [0.15, 0.2) is 22.8 Å². The number of carbonyl (C=O) groups is 1. The Morgan fingerprint density at radius 1 is 1.60 bits per heavy atom. The Balaban J connectivity index is 1.83. The van der Waals surface area contributed by atoms with Gasteiger partial charge in [-0.25, -0.2) is 0 Å². The van der Waals surface area contributed by atoms with E-state index in [-0.39, 0.29) is 11.9 Å². The molecule has 1 saturated heterocycles. The standard InChI is InChI=1S/C10H12BrN3O/c11-7-1-2-8(12-4-7)5-13-9-3-10(15)14-6-9/h1-2,4,9,13H,3,5-6H2,(H,14,15). The highest BCUT2D eigenvalue weighted by atomic mass is 79.9. The van der Waals surface area contributed by atoms with Crippen molar-refractivity contribution in [3.8, 4) is 0 Å². The second-order valence-corrected chi connectivity index (χ2v) is 4.47. The van der Waals surface area contributed by atoms with Gasteiger partial charge in [0.05, 0.1) is 5.69 Å². The molecule has 0 saturated carbocycles. The third-order valence-electron chi connectivity index (χ3n) is 2.34. The van der Waals surface area contributed by atoms with Crippen LogP contribution >= 0.6 is 15.9 Å². The molecule has 1 amide bonds. The van der Waals surface area contributed by atoms with E-state index >= 15 is 0 Å². The summed E-state index contributed by atoms with van der Waals surface area (Å²) in [7, 11) is 0. The molecule has 0 aliphatic carbocycles. The lowest BCUT2D eigenvalue weighted by atomic mass is 10.2. The van der Waals surface area contributed by atoms with E-state index in [2.05, 4.69) is 31.5 Å². The third-order valence-corrected chi connectivity index (χ3v) is 2.81. The van der Waals surface area contributed by atoms with Crippen LogP contribution in [0.25, 0.3) is 0 Å². The SMILES string of the molecule is O=C1CC(NCc2ccc(Br)cn2)CN1. The van der Waals surface area contributed by atoms with E-state index in [1.54, 1.807) is 6.20 Å². The number of amides is 1. The van der Waals surface area contributed by atoms with Crippen molar-refractivity contribution in [2.75, 3.05) is 6.54 Å². The minimum absolute atomic E-state index is 0.122. The number of nitrogens with one attached hydrogen (secondary N) is 2. The lowest BCUT2D eigenvalue weighted by Crippen LogP contribution is -2.30. The molecule has 1 aromatic rings. The van der Waals surface area contributed by atoms with Crippen LogP contribution < -0.4 is 10.6 Å². The van der Waals surface area contributed by atoms with Crippen molar-refractivity contribution >= 4 is 21.8 Å².